The van der Waals surface area contributed by atoms with Gasteiger partial charge in [0.05, 0.1) is 33.0 Å². The first-order valence-corrected chi connectivity index (χ1v) is 18.1. The smallest absolute Gasteiger partial charge is 0.163 e. The van der Waals surface area contributed by atoms with Crippen LogP contribution in [-0.4, -0.2) is 18.9 Å². The average molecular weight is 667 g/mol. The highest BCUT2D eigenvalue weighted by molar-refractivity contribution is 7.25. The molecule has 0 saturated heterocycles. The summed E-state index contributed by atoms with van der Waals surface area (Å²) in [7, 11) is 0. The van der Waals surface area contributed by atoms with Crippen LogP contribution in [0.1, 0.15) is 0 Å². The Bertz CT molecular complexity index is 3350. The van der Waals surface area contributed by atoms with Crippen molar-refractivity contribution in [2.24, 2.45) is 0 Å². The fourth-order valence-corrected chi connectivity index (χ4v) is 9.59. The summed E-state index contributed by atoms with van der Waals surface area (Å²) in [5.41, 5.74) is 9.38. The van der Waals surface area contributed by atoms with E-state index in [1.807, 2.05) is 0 Å². The first-order chi connectivity index (χ1) is 25.3. The minimum atomic E-state index is 0.724. The molecule has 5 heteroatoms. The SMILES string of the molecule is c1ccc(-c2ccc(-c3nc(-n4c5ccccc5c5cc6c7ccccc7n7c8ccccc8c(c54)c67)c4c(n3)sc3ccccc34)cc2)cc1. The maximum Gasteiger partial charge on any atom is 0.163 e. The predicted molar refractivity (Wildman–Crippen MR) is 215 cm³/mol. The molecule has 51 heavy (non-hydrogen) atoms. The zero-order valence-electron chi connectivity index (χ0n) is 27.2. The Morgan fingerprint density at radius 3 is 1.76 bits per heavy atom. The average Bonchev–Trinajstić information content (AvgIpc) is 3.93. The second kappa shape index (κ2) is 10.0. The van der Waals surface area contributed by atoms with E-state index in [9.17, 15) is 0 Å². The van der Waals surface area contributed by atoms with Gasteiger partial charge in [-0.15, -0.1) is 11.3 Å². The van der Waals surface area contributed by atoms with Crippen molar-refractivity contribution in [1.29, 1.82) is 0 Å². The molecule has 0 spiro atoms. The van der Waals surface area contributed by atoms with Crippen LogP contribution in [0.3, 0.4) is 0 Å². The molecule has 0 bridgehead atoms. The molecular formula is C46H26N4S. The van der Waals surface area contributed by atoms with Gasteiger partial charge in [-0.1, -0.05) is 127 Å². The van der Waals surface area contributed by atoms with E-state index in [0.717, 1.165) is 32.9 Å². The van der Waals surface area contributed by atoms with Crippen LogP contribution in [0.5, 0.6) is 0 Å². The van der Waals surface area contributed by atoms with Crippen molar-refractivity contribution in [2.45, 2.75) is 0 Å². The zero-order chi connectivity index (χ0) is 33.2. The molecule has 0 radical (unpaired) electrons. The summed E-state index contributed by atoms with van der Waals surface area (Å²) in [5.74, 6) is 1.63. The van der Waals surface area contributed by atoms with E-state index in [-0.39, 0.29) is 0 Å². The molecule has 0 aliphatic carbocycles. The van der Waals surface area contributed by atoms with Crippen LogP contribution in [0, 0.1) is 0 Å². The minimum absolute atomic E-state index is 0.724. The van der Waals surface area contributed by atoms with Gasteiger partial charge in [0, 0.05) is 48.0 Å². The summed E-state index contributed by atoms with van der Waals surface area (Å²) >= 11 is 1.74. The number of rotatable bonds is 3. The third kappa shape index (κ3) is 3.63. The Morgan fingerprint density at radius 1 is 0.412 bits per heavy atom. The van der Waals surface area contributed by atoms with Crippen LogP contribution in [0.15, 0.2) is 158 Å². The van der Waals surface area contributed by atoms with Gasteiger partial charge in [0.25, 0.3) is 0 Å². The molecule has 5 heterocycles. The van der Waals surface area contributed by atoms with Crippen molar-refractivity contribution in [2.75, 3.05) is 0 Å². The fraction of sp³-hybridized carbons (Fsp3) is 0. The Balaban J connectivity index is 1.26. The molecule has 12 rings (SSSR count). The van der Waals surface area contributed by atoms with E-state index >= 15 is 0 Å². The Hall–Kier alpha value is -6.56. The topological polar surface area (TPSA) is 35.1 Å². The van der Waals surface area contributed by atoms with Gasteiger partial charge in [-0.2, -0.15) is 0 Å². The summed E-state index contributed by atoms with van der Waals surface area (Å²) in [6.07, 6.45) is 0. The molecule has 0 N–H and O–H groups in total. The maximum atomic E-state index is 5.56. The minimum Gasteiger partial charge on any atom is -0.308 e. The molecule has 0 aliphatic rings. The van der Waals surface area contributed by atoms with Crippen molar-refractivity contribution < 1.29 is 0 Å². The number of aromatic nitrogens is 4. The van der Waals surface area contributed by atoms with Gasteiger partial charge >= 0.3 is 0 Å². The number of nitrogens with zero attached hydrogens (tertiary/aromatic N) is 4. The van der Waals surface area contributed by atoms with Crippen molar-refractivity contribution in [1.82, 2.24) is 18.9 Å². The van der Waals surface area contributed by atoms with E-state index in [4.69, 9.17) is 9.97 Å². The third-order valence-electron chi connectivity index (χ3n) is 10.7. The number of thiophene rings is 1. The Kier molecular flexibility index (Phi) is 5.35. The van der Waals surface area contributed by atoms with Crippen LogP contribution in [-0.2, 0) is 0 Å². The molecule has 236 valence electrons. The van der Waals surface area contributed by atoms with Gasteiger partial charge in [0.2, 0.25) is 0 Å². The second-order valence-corrected chi connectivity index (χ2v) is 14.4. The van der Waals surface area contributed by atoms with Gasteiger partial charge in [0.1, 0.15) is 4.83 Å². The quantitative estimate of drug-likeness (QED) is 0.188. The van der Waals surface area contributed by atoms with E-state index in [0.29, 0.717) is 0 Å². The first-order valence-electron chi connectivity index (χ1n) is 17.3. The van der Waals surface area contributed by atoms with Crippen LogP contribution < -0.4 is 0 Å². The van der Waals surface area contributed by atoms with Gasteiger partial charge in [-0.3, -0.25) is 4.57 Å². The number of hydrogen-bond donors (Lipinski definition) is 0. The highest BCUT2D eigenvalue weighted by Gasteiger charge is 2.26. The molecule has 0 aliphatic heterocycles. The zero-order valence-corrected chi connectivity index (χ0v) is 28.0. The second-order valence-electron chi connectivity index (χ2n) is 13.4. The number of para-hydroxylation sites is 3. The lowest BCUT2D eigenvalue weighted by atomic mass is 10.0. The maximum absolute atomic E-state index is 5.56. The molecule has 4 nitrogen and oxygen atoms in total. The summed E-state index contributed by atoms with van der Waals surface area (Å²) in [6.45, 7) is 0. The predicted octanol–water partition coefficient (Wildman–Crippen LogP) is 12.4. The molecule has 12 aromatic rings. The fourth-order valence-electron chi connectivity index (χ4n) is 8.51. The lowest BCUT2D eigenvalue weighted by molar-refractivity contribution is 1.08. The van der Waals surface area contributed by atoms with E-state index in [1.165, 1.54) is 75.6 Å². The van der Waals surface area contributed by atoms with E-state index in [1.54, 1.807) is 11.3 Å². The normalized spacial score (nSPS) is 12.3. The van der Waals surface area contributed by atoms with Crippen molar-refractivity contribution >= 4 is 91.5 Å². The van der Waals surface area contributed by atoms with Gasteiger partial charge < -0.3 is 4.40 Å². The van der Waals surface area contributed by atoms with Crippen molar-refractivity contribution in [3.8, 4) is 28.3 Å². The van der Waals surface area contributed by atoms with Crippen molar-refractivity contribution in [3.05, 3.63) is 158 Å². The lowest BCUT2D eigenvalue weighted by Gasteiger charge is -2.12. The highest BCUT2D eigenvalue weighted by atomic mass is 32.1. The molecule has 0 fully saturated rings. The van der Waals surface area contributed by atoms with Crippen molar-refractivity contribution in [3.63, 3.8) is 0 Å². The lowest BCUT2D eigenvalue weighted by Crippen LogP contribution is -2.02. The number of hydrogen-bond acceptors (Lipinski definition) is 3. The molecule has 0 saturated carbocycles. The number of benzene rings is 7. The van der Waals surface area contributed by atoms with Gasteiger partial charge in [0.15, 0.2) is 11.6 Å². The largest absolute Gasteiger partial charge is 0.308 e. The monoisotopic (exact) mass is 666 g/mol. The standard InChI is InChI=1S/C46H26N4S/c1-2-12-27(13-3-1)28-22-24-29(25-23-28)44-47-45(41-33-17-7-11-21-39(33)51-46(41)48-44)50-37-19-9-5-15-31(37)35-26-34-30-14-4-8-18-36(30)49-38-20-10-6-16-32(38)40(42(34)49)43(35)50/h1-26H. The Labute approximate surface area is 295 Å². The summed E-state index contributed by atoms with van der Waals surface area (Å²) in [6, 6.07) is 56.7. The molecule has 0 atom stereocenters. The summed E-state index contributed by atoms with van der Waals surface area (Å²) in [5, 5.41) is 9.76. The highest BCUT2D eigenvalue weighted by Crippen LogP contribution is 2.47. The van der Waals surface area contributed by atoms with Crippen LogP contribution >= 0.6 is 11.3 Å². The molecule has 0 amide bonds. The molecular weight excluding hydrogens is 641 g/mol. The van der Waals surface area contributed by atoms with E-state index < -0.39 is 0 Å². The van der Waals surface area contributed by atoms with E-state index in [2.05, 4.69) is 167 Å². The Morgan fingerprint density at radius 2 is 0.980 bits per heavy atom. The number of fused-ring (bicyclic) bond motifs is 13. The molecule has 7 aromatic carbocycles. The van der Waals surface area contributed by atoms with Crippen LogP contribution in [0.4, 0.5) is 0 Å². The first kappa shape index (κ1) is 27.3. The van der Waals surface area contributed by atoms with Crippen LogP contribution in [0.2, 0.25) is 0 Å². The molecule has 5 aromatic heterocycles. The molecule has 0 unspecified atom stereocenters. The van der Waals surface area contributed by atoms with Crippen LogP contribution in [0.25, 0.3) is 109 Å². The van der Waals surface area contributed by atoms with Gasteiger partial charge in [-0.05, 0) is 41.5 Å². The summed E-state index contributed by atoms with van der Waals surface area (Å²) < 4.78 is 6.11. The third-order valence-corrected chi connectivity index (χ3v) is 11.8. The van der Waals surface area contributed by atoms with Gasteiger partial charge in [-0.25, -0.2) is 9.97 Å². The summed E-state index contributed by atoms with van der Waals surface area (Å²) in [4.78, 5) is 11.8.